The lowest BCUT2D eigenvalue weighted by molar-refractivity contribution is 0.250. The molecule has 0 bridgehead atoms. The van der Waals surface area contributed by atoms with Crippen LogP contribution < -0.4 is 10.6 Å². The summed E-state index contributed by atoms with van der Waals surface area (Å²) in [7, 11) is 1.79. The molecule has 2 N–H and O–H groups in total. The van der Waals surface area contributed by atoms with Crippen LogP contribution in [0.3, 0.4) is 0 Å². The molecule has 5 heteroatoms. The van der Waals surface area contributed by atoms with E-state index in [4.69, 9.17) is 0 Å². The smallest absolute Gasteiger partial charge is 0.320 e. The van der Waals surface area contributed by atoms with E-state index in [-0.39, 0.29) is 12.1 Å². The van der Waals surface area contributed by atoms with E-state index in [2.05, 4.69) is 15.7 Å². The number of hydrogen-bond acceptors (Lipinski definition) is 2. The average molecular weight is 196 g/mol. The van der Waals surface area contributed by atoms with Crippen LogP contribution in [-0.2, 0) is 7.05 Å². The average Bonchev–Trinajstić information content (AvgIpc) is 2.28. The summed E-state index contributed by atoms with van der Waals surface area (Å²) in [6.07, 6.45) is 0. The van der Waals surface area contributed by atoms with Crippen molar-refractivity contribution in [2.75, 3.05) is 5.32 Å². The fraction of sp³-hybridized carbons (Fsp3) is 0.556. The maximum absolute atomic E-state index is 11.3. The summed E-state index contributed by atoms with van der Waals surface area (Å²) < 4.78 is 1.63. The zero-order valence-corrected chi connectivity index (χ0v) is 8.96. The van der Waals surface area contributed by atoms with Gasteiger partial charge in [-0.2, -0.15) is 5.10 Å². The predicted octanol–water partition coefficient (Wildman–Crippen LogP) is 1.26. The standard InChI is InChI=1S/C9H16N4O/c1-6(2)10-9(14)11-8-5-7(3)12-13(8)4/h5-6H,1-4H3,(H2,10,11,14). The molecule has 0 aliphatic heterocycles. The second kappa shape index (κ2) is 4.13. The fourth-order valence-electron chi connectivity index (χ4n) is 1.14. The minimum atomic E-state index is -0.206. The second-order valence-electron chi connectivity index (χ2n) is 3.55. The third-order valence-corrected chi connectivity index (χ3v) is 1.66. The van der Waals surface area contributed by atoms with Gasteiger partial charge in [-0.25, -0.2) is 4.79 Å². The Balaban J connectivity index is 2.60. The fourth-order valence-corrected chi connectivity index (χ4v) is 1.14. The summed E-state index contributed by atoms with van der Waals surface area (Å²) in [6, 6.07) is 1.74. The number of nitrogens with zero attached hydrogens (tertiary/aromatic N) is 2. The van der Waals surface area contributed by atoms with Crippen LogP contribution in [0, 0.1) is 6.92 Å². The van der Waals surface area contributed by atoms with E-state index in [1.54, 1.807) is 11.7 Å². The van der Waals surface area contributed by atoms with Crippen LogP contribution in [0.4, 0.5) is 10.6 Å². The van der Waals surface area contributed by atoms with Crippen LogP contribution in [0.1, 0.15) is 19.5 Å². The van der Waals surface area contributed by atoms with Gasteiger partial charge >= 0.3 is 6.03 Å². The number of rotatable bonds is 2. The first-order valence-corrected chi connectivity index (χ1v) is 4.57. The molecular formula is C9H16N4O. The van der Waals surface area contributed by atoms with Gasteiger partial charge in [0.1, 0.15) is 5.82 Å². The van der Waals surface area contributed by atoms with Crippen molar-refractivity contribution in [1.82, 2.24) is 15.1 Å². The summed E-state index contributed by atoms with van der Waals surface area (Å²) in [5, 5.41) is 9.57. The highest BCUT2D eigenvalue weighted by Gasteiger charge is 2.06. The van der Waals surface area contributed by atoms with Gasteiger partial charge in [0.05, 0.1) is 5.69 Å². The minimum absolute atomic E-state index is 0.129. The molecule has 14 heavy (non-hydrogen) atoms. The molecule has 1 heterocycles. The highest BCUT2D eigenvalue weighted by Crippen LogP contribution is 2.07. The van der Waals surface area contributed by atoms with Crippen molar-refractivity contribution in [3.8, 4) is 0 Å². The molecule has 0 fully saturated rings. The van der Waals surface area contributed by atoms with Crippen molar-refractivity contribution in [2.45, 2.75) is 26.8 Å². The van der Waals surface area contributed by atoms with Crippen LogP contribution in [0.15, 0.2) is 6.07 Å². The summed E-state index contributed by atoms with van der Waals surface area (Å²) in [6.45, 7) is 5.70. The number of hydrogen-bond donors (Lipinski definition) is 2. The highest BCUT2D eigenvalue weighted by atomic mass is 16.2. The largest absolute Gasteiger partial charge is 0.336 e. The molecule has 0 saturated heterocycles. The van der Waals surface area contributed by atoms with E-state index in [9.17, 15) is 4.79 Å². The monoisotopic (exact) mass is 196 g/mol. The van der Waals surface area contributed by atoms with Crippen LogP contribution in [0.25, 0.3) is 0 Å². The SMILES string of the molecule is Cc1cc(NC(=O)NC(C)C)n(C)n1. The Hall–Kier alpha value is -1.52. The molecule has 0 atom stereocenters. The Labute approximate surface area is 83.5 Å². The Morgan fingerprint density at radius 2 is 2.21 bits per heavy atom. The van der Waals surface area contributed by atoms with Crippen LogP contribution in [0.5, 0.6) is 0 Å². The molecular weight excluding hydrogens is 180 g/mol. The maximum atomic E-state index is 11.3. The lowest BCUT2D eigenvalue weighted by Gasteiger charge is -2.09. The van der Waals surface area contributed by atoms with Crippen molar-refractivity contribution >= 4 is 11.8 Å². The number of anilines is 1. The summed E-state index contributed by atoms with van der Waals surface area (Å²) >= 11 is 0. The van der Waals surface area contributed by atoms with Crippen LogP contribution in [0.2, 0.25) is 0 Å². The minimum Gasteiger partial charge on any atom is -0.336 e. The number of aryl methyl sites for hydroxylation is 2. The quantitative estimate of drug-likeness (QED) is 0.748. The molecule has 0 spiro atoms. The van der Waals surface area contributed by atoms with Gasteiger partial charge < -0.3 is 5.32 Å². The zero-order chi connectivity index (χ0) is 10.7. The van der Waals surface area contributed by atoms with Crippen molar-refractivity contribution in [3.63, 3.8) is 0 Å². The summed E-state index contributed by atoms with van der Waals surface area (Å²) in [5.74, 6) is 0.695. The van der Waals surface area contributed by atoms with Gasteiger partial charge in [-0.05, 0) is 20.8 Å². The number of urea groups is 1. The zero-order valence-electron chi connectivity index (χ0n) is 8.96. The van der Waals surface area contributed by atoms with E-state index in [1.807, 2.05) is 26.8 Å². The van der Waals surface area contributed by atoms with Crippen molar-refractivity contribution in [1.29, 1.82) is 0 Å². The van der Waals surface area contributed by atoms with E-state index in [0.29, 0.717) is 5.82 Å². The number of carbonyl (C=O) groups excluding carboxylic acids is 1. The van der Waals surface area contributed by atoms with Gasteiger partial charge in [-0.1, -0.05) is 0 Å². The number of aromatic nitrogens is 2. The number of carbonyl (C=O) groups is 1. The molecule has 0 aliphatic carbocycles. The molecule has 1 aromatic rings. The third-order valence-electron chi connectivity index (χ3n) is 1.66. The van der Waals surface area contributed by atoms with Gasteiger partial charge in [0, 0.05) is 19.2 Å². The Morgan fingerprint density at radius 1 is 1.57 bits per heavy atom. The lowest BCUT2D eigenvalue weighted by Crippen LogP contribution is -2.34. The number of amides is 2. The van der Waals surface area contributed by atoms with Crippen LogP contribution in [-0.4, -0.2) is 21.9 Å². The molecule has 0 aromatic carbocycles. The Bertz CT molecular complexity index is 330. The highest BCUT2D eigenvalue weighted by molar-refractivity contribution is 5.88. The van der Waals surface area contributed by atoms with Crippen LogP contribution >= 0.6 is 0 Å². The number of nitrogens with one attached hydrogen (secondary N) is 2. The first-order chi connectivity index (χ1) is 6.49. The first-order valence-electron chi connectivity index (χ1n) is 4.57. The van der Waals surface area contributed by atoms with Gasteiger partial charge in [0.2, 0.25) is 0 Å². The molecule has 0 radical (unpaired) electrons. The summed E-state index contributed by atoms with van der Waals surface area (Å²) in [4.78, 5) is 11.3. The molecule has 5 nitrogen and oxygen atoms in total. The lowest BCUT2D eigenvalue weighted by atomic mass is 10.4. The first kappa shape index (κ1) is 10.6. The molecule has 1 rings (SSSR count). The summed E-state index contributed by atoms with van der Waals surface area (Å²) in [5.41, 5.74) is 0.882. The Morgan fingerprint density at radius 3 is 2.64 bits per heavy atom. The van der Waals surface area contributed by atoms with Crippen molar-refractivity contribution in [3.05, 3.63) is 11.8 Å². The van der Waals surface area contributed by atoms with Gasteiger partial charge in [0.25, 0.3) is 0 Å². The van der Waals surface area contributed by atoms with E-state index < -0.39 is 0 Å². The topological polar surface area (TPSA) is 59.0 Å². The van der Waals surface area contributed by atoms with E-state index in [1.165, 1.54) is 0 Å². The molecule has 0 saturated carbocycles. The van der Waals surface area contributed by atoms with Gasteiger partial charge in [-0.3, -0.25) is 10.00 Å². The Kier molecular flexibility index (Phi) is 3.11. The van der Waals surface area contributed by atoms with E-state index in [0.717, 1.165) is 5.69 Å². The van der Waals surface area contributed by atoms with Crippen molar-refractivity contribution in [2.24, 2.45) is 7.05 Å². The maximum Gasteiger partial charge on any atom is 0.320 e. The van der Waals surface area contributed by atoms with Gasteiger partial charge in [0.15, 0.2) is 0 Å². The predicted molar refractivity (Wildman–Crippen MR) is 55.2 cm³/mol. The van der Waals surface area contributed by atoms with Crippen molar-refractivity contribution < 1.29 is 4.79 Å². The van der Waals surface area contributed by atoms with Gasteiger partial charge in [-0.15, -0.1) is 0 Å². The normalized spacial score (nSPS) is 10.4. The molecule has 0 aliphatic rings. The third kappa shape index (κ3) is 2.76. The molecule has 2 amide bonds. The molecule has 1 aromatic heterocycles. The molecule has 0 unspecified atom stereocenters. The molecule has 78 valence electrons. The second-order valence-corrected chi connectivity index (χ2v) is 3.55. The van der Waals surface area contributed by atoms with E-state index >= 15 is 0 Å².